The summed E-state index contributed by atoms with van der Waals surface area (Å²) in [4.78, 5) is 32.1. The van der Waals surface area contributed by atoms with E-state index in [0.717, 1.165) is 3.57 Å². The number of hydrogen-bond donors (Lipinski definition) is 2. The van der Waals surface area contributed by atoms with Crippen molar-refractivity contribution in [2.24, 2.45) is 7.05 Å². The largest absolute Gasteiger partial charge is 0.394 e. The van der Waals surface area contributed by atoms with Crippen molar-refractivity contribution >= 4 is 45.9 Å². The zero-order valence-corrected chi connectivity index (χ0v) is 17.9. The summed E-state index contributed by atoms with van der Waals surface area (Å²) in [5.74, 6) is -1.46. The Morgan fingerprint density at radius 1 is 1.32 bits per heavy atom. The number of rotatable bonds is 8. The molecule has 0 fully saturated rings. The molecule has 2 rings (SSSR count). The molecule has 2 amide bonds. The van der Waals surface area contributed by atoms with Gasteiger partial charge in [-0.25, -0.2) is 4.39 Å². The van der Waals surface area contributed by atoms with E-state index in [-0.39, 0.29) is 31.0 Å². The van der Waals surface area contributed by atoms with E-state index in [2.05, 4.69) is 5.32 Å². The van der Waals surface area contributed by atoms with Crippen LogP contribution in [0.4, 0.5) is 15.9 Å². The smallest absolute Gasteiger partial charge is 0.288 e. The quantitative estimate of drug-likeness (QED) is 0.423. The molecule has 0 bridgehead atoms. The molecule has 28 heavy (non-hydrogen) atoms. The van der Waals surface area contributed by atoms with E-state index in [1.54, 1.807) is 48.9 Å². The van der Waals surface area contributed by atoms with Gasteiger partial charge in [-0.1, -0.05) is 0 Å². The summed E-state index contributed by atoms with van der Waals surface area (Å²) in [7, 11) is 5.05. The second-order valence-corrected chi connectivity index (χ2v) is 7.47. The fourth-order valence-electron chi connectivity index (χ4n) is 2.40. The highest BCUT2D eigenvalue weighted by molar-refractivity contribution is 14.1. The molecule has 0 aliphatic heterocycles. The van der Waals surface area contributed by atoms with Gasteiger partial charge in [0.2, 0.25) is 0 Å². The Kier molecular flexibility index (Phi) is 7.92. The molecule has 1 aromatic heterocycles. The lowest BCUT2D eigenvalue weighted by molar-refractivity contribution is -0.172. The molecular formula is C18H22FIN4O4. The SMILES string of the molecule is CN(C)CC(=O)N(OCCO)C(=O)c1ccn(C)c1Nc1ccc(I)cc1F. The normalized spacial score (nSPS) is 11.0. The second-order valence-electron chi connectivity index (χ2n) is 6.23. The minimum Gasteiger partial charge on any atom is -0.394 e. The molecule has 0 radical (unpaired) electrons. The number of benzene rings is 1. The van der Waals surface area contributed by atoms with Crippen molar-refractivity contribution in [2.45, 2.75) is 0 Å². The summed E-state index contributed by atoms with van der Waals surface area (Å²) in [6.45, 7) is -0.627. The second kappa shape index (κ2) is 9.96. The molecule has 0 atom stereocenters. The maximum absolute atomic E-state index is 14.2. The molecule has 1 heterocycles. The highest BCUT2D eigenvalue weighted by Gasteiger charge is 2.28. The molecule has 0 unspecified atom stereocenters. The van der Waals surface area contributed by atoms with Crippen LogP contribution in [-0.2, 0) is 16.7 Å². The fraction of sp³-hybridized carbons (Fsp3) is 0.333. The third-order valence-corrected chi connectivity index (χ3v) is 4.33. The monoisotopic (exact) mass is 504 g/mol. The number of anilines is 2. The Bertz CT molecular complexity index is 856. The maximum Gasteiger partial charge on any atom is 0.288 e. The van der Waals surface area contributed by atoms with Gasteiger partial charge >= 0.3 is 0 Å². The van der Waals surface area contributed by atoms with E-state index >= 15 is 0 Å². The van der Waals surface area contributed by atoms with Crippen molar-refractivity contribution in [1.29, 1.82) is 0 Å². The Labute approximate surface area is 176 Å². The maximum atomic E-state index is 14.2. The number of halogens is 2. The van der Waals surface area contributed by atoms with Gasteiger partial charge in [-0.15, -0.1) is 5.06 Å². The highest BCUT2D eigenvalue weighted by atomic mass is 127. The Morgan fingerprint density at radius 3 is 2.64 bits per heavy atom. The van der Waals surface area contributed by atoms with Crippen LogP contribution in [-0.4, -0.2) is 65.3 Å². The lowest BCUT2D eigenvalue weighted by Gasteiger charge is -2.22. The first-order chi connectivity index (χ1) is 13.2. The molecule has 1 aromatic carbocycles. The van der Waals surface area contributed by atoms with Crippen molar-refractivity contribution in [3.05, 3.63) is 45.4 Å². The third-order valence-electron chi connectivity index (χ3n) is 3.66. The number of aromatic nitrogens is 1. The average Bonchev–Trinajstić information content (AvgIpc) is 2.97. The minimum absolute atomic E-state index is 0.0570. The number of likely N-dealkylation sites (N-methyl/N-ethyl adjacent to an activating group) is 1. The van der Waals surface area contributed by atoms with Crippen molar-refractivity contribution in [2.75, 3.05) is 39.2 Å². The van der Waals surface area contributed by atoms with Gasteiger partial charge in [-0.3, -0.25) is 14.4 Å². The number of amides is 2. The van der Waals surface area contributed by atoms with Crippen LogP contribution in [0.2, 0.25) is 0 Å². The van der Waals surface area contributed by atoms with Crippen LogP contribution in [0.15, 0.2) is 30.5 Å². The summed E-state index contributed by atoms with van der Waals surface area (Å²) in [6.07, 6.45) is 1.61. The molecule has 0 aliphatic carbocycles. The summed E-state index contributed by atoms with van der Waals surface area (Å²) in [6, 6.07) is 6.17. The van der Waals surface area contributed by atoms with Gasteiger partial charge < -0.3 is 19.9 Å². The van der Waals surface area contributed by atoms with E-state index in [1.165, 1.54) is 12.1 Å². The Hall–Kier alpha value is -2.02. The van der Waals surface area contributed by atoms with Gasteiger partial charge in [-0.05, 0) is 61.0 Å². The van der Waals surface area contributed by atoms with Crippen LogP contribution in [0.25, 0.3) is 0 Å². The zero-order valence-electron chi connectivity index (χ0n) is 15.8. The van der Waals surface area contributed by atoms with Gasteiger partial charge in [-0.2, -0.15) is 0 Å². The van der Waals surface area contributed by atoms with Crippen LogP contribution in [0.3, 0.4) is 0 Å². The molecule has 10 heteroatoms. The van der Waals surface area contributed by atoms with Crippen LogP contribution < -0.4 is 5.32 Å². The van der Waals surface area contributed by atoms with E-state index in [9.17, 15) is 14.0 Å². The lowest BCUT2D eigenvalue weighted by Crippen LogP contribution is -2.42. The predicted molar refractivity (Wildman–Crippen MR) is 111 cm³/mol. The number of carbonyl (C=O) groups excluding carboxylic acids is 2. The molecule has 0 saturated heterocycles. The number of hydrogen-bond acceptors (Lipinski definition) is 6. The van der Waals surface area contributed by atoms with Crippen LogP contribution in [0.5, 0.6) is 0 Å². The van der Waals surface area contributed by atoms with E-state index in [1.807, 2.05) is 22.6 Å². The Balaban J connectivity index is 2.34. The van der Waals surface area contributed by atoms with Gasteiger partial charge in [0, 0.05) is 16.8 Å². The van der Waals surface area contributed by atoms with E-state index in [4.69, 9.17) is 9.94 Å². The summed E-state index contributed by atoms with van der Waals surface area (Å²) in [5.41, 5.74) is 0.323. The average molecular weight is 504 g/mol. The molecule has 152 valence electrons. The first-order valence-corrected chi connectivity index (χ1v) is 9.45. The van der Waals surface area contributed by atoms with Crippen LogP contribution in [0.1, 0.15) is 10.4 Å². The van der Waals surface area contributed by atoms with Crippen molar-refractivity contribution < 1.29 is 23.9 Å². The lowest BCUT2D eigenvalue weighted by atomic mass is 10.2. The number of hydroxylamine groups is 2. The van der Waals surface area contributed by atoms with Gasteiger partial charge in [0.05, 0.1) is 31.0 Å². The summed E-state index contributed by atoms with van der Waals surface area (Å²) < 4.78 is 16.6. The topological polar surface area (TPSA) is 87.0 Å². The molecule has 2 aromatic rings. The summed E-state index contributed by atoms with van der Waals surface area (Å²) >= 11 is 2.00. The van der Waals surface area contributed by atoms with Crippen molar-refractivity contribution in [1.82, 2.24) is 14.5 Å². The predicted octanol–water partition coefficient (Wildman–Crippen LogP) is 1.97. The number of aryl methyl sites for hydroxylation is 1. The molecule has 0 spiro atoms. The molecule has 0 saturated carbocycles. The standard InChI is InChI=1S/C18H22FIN4O4/c1-22(2)11-16(26)24(28-9-8-25)18(27)13-6-7-23(3)17(13)21-15-5-4-12(20)10-14(15)19/h4-7,10,21,25H,8-9,11H2,1-3H3. The molecular weight excluding hydrogens is 482 g/mol. The highest BCUT2D eigenvalue weighted by Crippen LogP contribution is 2.26. The van der Waals surface area contributed by atoms with Crippen molar-refractivity contribution in [3.63, 3.8) is 0 Å². The Morgan fingerprint density at radius 2 is 2.04 bits per heavy atom. The minimum atomic E-state index is -0.714. The number of nitrogens with one attached hydrogen (secondary N) is 1. The number of aliphatic hydroxyl groups excluding tert-OH is 1. The molecule has 8 nitrogen and oxygen atoms in total. The van der Waals surface area contributed by atoms with Gasteiger partial charge in [0.15, 0.2) is 0 Å². The summed E-state index contributed by atoms with van der Waals surface area (Å²) in [5, 5.41) is 12.5. The zero-order chi connectivity index (χ0) is 20.8. The number of imide groups is 1. The number of carbonyl (C=O) groups is 2. The fourth-order valence-corrected chi connectivity index (χ4v) is 2.85. The first kappa shape index (κ1) is 22.3. The van der Waals surface area contributed by atoms with Gasteiger partial charge in [0.1, 0.15) is 11.6 Å². The van der Waals surface area contributed by atoms with Crippen molar-refractivity contribution in [3.8, 4) is 0 Å². The number of aliphatic hydroxyl groups is 1. The van der Waals surface area contributed by atoms with E-state index < -0.39 is 17.6 Å². The van der Waals surface area contributed by atoms with E-state index in [0.29, 0.717) is 10.9 Å². The van der Waals surface area contributed by atoms with Crippen LogP contribution >= 0.6 is 22.6 Å². The molecule has 2 N–H and O–H groups in total. The third kappa shape index (κ3) is 5.50. The van der Waals surface area contributed by atoms with Crippen LogP contribution in [0, 0.1) is 9.39 Å². The number of nitrogens with zero attached hydrogens (tertiary/aromatic N) is 3. The first-order valence-electron chi connectivity index (χ1n) is 8.37. The van der Waals surface area contributed by atoms with Gasteiger partial charge in [0.25, 0.3) is 11.8 Å². The molecule has 0 aliphatic rings.